The maximum atomic E-state index is 12.7. The number of benzene rings is 2. The van der Waals surface area contributed by atoms with Crippen LogP contribution in [0.15, 0.2) is 47.4 Å². The summed E-state index contributed by atoms with van der Waals surface area (Å²) in [6.45, 7) is 1.95. The third-order valence-corrected chi connectivity index (χ3v) is 6.52. The van der Waals surface area contributed by atoms with Crippen molar-refractivity contribution in [1.82, 2.24) is 0 Å². The summed E-state index contributed by atoms with van der Waals surface area (Å²) < 4.78 is 0. The van der Waals surface area contributed by atoms with E-state index < -0.39 is 5.25 Å². The van der Waals surface area contributed by atoms with Crippen molar-refractivity contribution < 1.29 is 9.59 Å². The Hall–Kier alpha value is -2.18. The normalized spacial score (nSPS) is 19.0. The van der Waals surface area contributed by atoms with Gasteiger partial charge in [0.15, 0.2) is 0 Å². The summed E-state index contributed by atoms with van der Waals surface area (Å²) in [6, 6.07) is 13.2. The van der Waals surface area contributed by atoms with Crippen LogP contribution in [0.4, 0.5) is 17.1 Å². The molecular formula is C21H22ClN3O2S. The Balaban J connectivity index is 1.47. The minimum atomic E-state index is -0.451. The Morgan fingerprint density at radius 1 is 1.18 bits per heavy atom. The summed E-state index contributed by atoms with van der Waals surface area (Å²) in [5, 5.41) is 5.99. The average Bonchev–Trinajstić information content (AvgIpc) is 2.69. The van der Waals surface area contributed by atoms with Crippen molar-refractivity contribution in [3.05, 3.63) is 47.5 Å². The van der Waals surface area contributed by atoms with Gasteiger partial charge in [-0.2, -0.15) is 0 Å². The fraction of sp³-hybridized carbons (Fsp3) is 0.333. The van der Waals surface area contributed by atoms with Crippen molar-refractivity contribution in [3.63, 3.8) is 0 Å². The molecule has 2 amide bonds. The fourth-order valence-corrected chi connectivity index (χ4v) is 4.90. The van der Waals surface area contributed by atoms with E-state index in [1.54, 1.807) is 6.07 Å². The summed E-state index contributed by atoms with van der Waals surface area (Å²) in [5.74, 6) is -0.325. The summed E-state index contributed by atoms with van der Waals surface area (Å²) in [7, 11) is 0. The van der Waals surface area contributed by atoms with Crippen LogP contribution in [-0.2, 0) is 9.59 Å². The topological polar surface area (TPSA) is 61.4 Å². The molecule has 1 unspecified atom stereocenters. The van der Waals surface area contributed by atoms with E-state index in [1.807, 2.05) is 36.4 Å². The number of nitrogens with zero attached hydrogens (tertiary/aromatic N) is 1. The molecule has 2 aromatic rings. The zero-order valence-electron chi connectivity index (χ0n) is 15.4. The van der Waals surface area contributed by atoms with E-state index in [9.17, 15) is 9.59 Å². The molecule has 2 N–H and O–H groups in total. The second-order valence-electron chi connectivity index (χ2n) is 7.05. The number of thioether (sulfide) groups is 1. The second-order valence-corrected chi connectivity index (χ2v) is 8.73. The largest absolute Gasteiger partial charge is 0.370 e. The van der Waals surface area contributed by atoms with Crippen LogP contribution < -0.4 is 15.5 Å². The van der Waals surface area contributed by atoms with Crippen molar-refractivity contribution in [2.24, 2.45) is 0 Å². The van der Waals surface area contributed by atoms with E-state index in [2.05, 4.69) is 15.5 Å². The molecule has 28 heavy (non-hydrogen) atoms. The van der Waals surface area contributed by atoms with Gasteiger partial charge in [0.05, 0.1) is 22.3 Å². The van der Waals surface area contributed by atoms with E-state index in [0.29, 0.717) is 10.7 Å². The number of hydrogen-bond donors (Lipinski definition) is 2. The van der Waals surface area contributed by atoms with Crippen LogP contribution in [0.1, 0.15) is 25.7 Å². The molecule has 0 aliphatic carbocycles. The Bertz CT molecular complexity index is 899. The standard InChI is InChI=1S/C21H22ClN3O2S/c22-14-8-9-17(25-10-4-1-5-11-25)16(12-14)23-20(26)13-19-21(27)24-15-6-2-3-7-18(15)28-19/h2-3,6-9,12,19H,1,4-5,10-11,13H2,(H,23,26)(H,24,27). The molecule has 0 spiro atoms. The van der Waals surface area contributed by atoms with Gasteiger partial charge in [0.25, 0.3) is 0 Å². The van der Waals surface area contributed by atoms with E-state index >= 15 is 0 Å². The van der Waals surface area contributed by atoms with Crippen LogP contribution >= 0.6 is 23.4 Å². The Morgan fingerprint density at radius 3 is 2.79 bits per heavy atom. The number of carbonyl (C=O) groups excluding carboxylic acids is 2. The molecule has 0 bridgehead atoms. The van der Waals surface area contributed by atoms with Crippen molar-refractivity contribution in [2.45, 2.75) is 35.8 Å². The van der Waals surface area contributed by atoms with Crippen molar-refractivity contribution in [3.8, 4) is 0 Å². The number of para-hydroxylation sites is 1. The van der Waals surface area contributed by atoms with Crippen LogP contribution in [0.5, 0.6) is 0 Å². The highest BCUT2D eigenvalue weighted by Crippen LogP contribution is 2.37. The van der Waals surface area contributed by atoms with E-state index in [1.165, 1.54) is 18.2 Å². The first-order valence-electron chi connectivity index (χ1n) is 9.51. The molecule has 1 atom stereocenters. The molecule has 2 aliphatic rings. The predicted octanol–water partition coefficient (Wildman–Crippen LogP) is 4.77. The van der Waals surface area contributed by atoms with E-state index in [-0.39, 0.29) is 18.2 Å². The first-order valence-corrected chi connectivity index (χ1v) is 10.8. The Morgan fingerprint density at radius 2 is 1.96 bits per heavy atom. The lowest BCUT2D eigenvalue weighted by Gasteiger charge is -2.31. The molecule has 4 rings (SSSR count). The number of rotatable bonds is 4. The van der Waals surface area contributed by atoms with Gasteiger partial charge in [-0.1, -0.05) is 23.7 Å². The van der Waals surface area contributed by atoms with Gasteiger partial charge in [-0.05, 0) is 49.6 Å². The number of amides is 2. The summed E-state index contributed by atoms with van der Waals surface area (Å²) in [4.78, 5) is 28.4. The zero-order chi connectivity index (χ0) is 19.5. The predicted molar refractivity (Wildman–Crippen MR) is 115 cm³/mol. The van der Waals surface area contributed by atoms with Gasteiger partial charge in [-0.25, -0.2) is 0 Å². The van der Waals surface area contributed by atoms with Crippen LogP contribution in [0.3, 0.4) is 0 Å². The third kappa shape index (κ3) is 4.28. The number of carbonyl (C=O) groups is 2. The first-order chi connectivity index (χ1) is 13.6. The SMILES string of the molecule is O=C(CC1Sc2ccccc2NC1=O)Nc1cc(Cl)ccc1N1CCCCC1. The molecular weight excluding hydrogens is 394 g/mol. The molecule has 2 heterocycles. The molecule has 1 fully saturated rings. The molecule has 1 saturated heterocycles. The van der Waals surface area contributed by atoms with Crippen LogP contribution in [0, 0.1) is 0 Å². The number of fused-ring (bicyclic) bond motifs is 1. The molecule has 146 valence electrons. The lowest BCUT2D eigenvalue weighted by molar-refractivity contribution is -0.120. The molecule has 2 aliphatic heterocycles. The number of hydrogen-bond acceptors (Lipinski definition) is 4. The van der Waals surface area contributed by atoms with Gasteiger partial charge >= 0.3 is 0 Å². The molecule has 0 saturated carbocycles. The second kappa shape index (κ2) is 8.45. The maximum absolute atomic E-state index is 12.7. The van der Waals surface area contributed by atoms with Gasteiger partial charge < -0.3 is 15.5 Å². The number of piperidine rings is 1. The van der Waals surface area contributed by atoms with Gasteiger partial charge in [0.1, 0.15) is 0 Å². The van der Waals surface area contributed by atoms with E-state index in [4.69, 9.17) is 11.6 Å². The molecule has 2 aromatic carbocycles. The summed E-state index contributed by atoms with van der Waals surface area (Å²) in [5.41, 5.74) is 2.50. The van der Waals surface area contributed by atoms with Crippen LogP contribution in [0.2, 0.25) is 5.02 Å². The van der Waals surface area contributed by atoms with Gasteiger partial charge in [0, 0.05) is 29.4 Å². The van der Waals surface area contributed by atoms with Crippen molar-refractivity contribution >= 4 is 52.2 Å². The number of anilines is 3. The van der Waals surface area contributed by atoms with Crippen molar-refractivity contribution in [1.29, 1.82) is 0 Å². The fourth-order valence-electron chi connectivity index (χ4n) is 3.62. The van der Waals surface area contributed by atoms with Crippen LogP contribution in [-0.4, -0.2) is 30.2 Å². The lowest BCUT2D eigenvalue weighted by Crippen LogP contribution is -2.33. The minimum Gasteiger partial charge on any atom is -0.370 e. The molecule has 5 nitrogen and oxygen atoms in total. The van der Waals surface area contributed by atoms with E-state index in [0.717, 1.165) is 42.2 Å². The smallest absolute Gasteiger partial charge is 0.238 e. The Kier molecular flexibility index (Phi) is 5.78. The van der Waals surface area contributed by atoms with Gasteiger partial charge in [-0.15, -0.1) is 11.8 Å². The minimum absolute atomic E-state index is 0.108. The third-order valence-electron chi connectivity index (χ3n) is 5.01. The van der Waals surface area contributed by atoms with Gasteiger partial charge in [0.2, 0.25) is 11.8 Å². The zero-order valence-corrected chi connectivity index (χ0v) is 17.0. The lowest BCUT2D eigenvalue weighted by atomic mass is 10.1. The Labute approximate surface area is 173 Å². The highest BCUT2D eigenvalue weighted by molar-refractivity contribution is 8.01. The molecule has 0 radical (unpaired) electrons. The summed E-state index contributed by atoms with van der Waals surface area (Å²) >= 11 is 7.60. The molecule has 0 aromatic heterocycles. The number of halogens is 1. The van der Waals surface area contributed by atoms with Crippen molar-refractivity contribution in [2.75, 3.05) is 28.6 Å². The van der Waals surface area contributed by atoms with Crippen LogP contribution in [0.25, 0.3) is 0 Å². The first kappa shape index (κ1) is 19.2. The van der Waals surface area contributed by atoms with Gasteiger partial charge in [-0.3, -0.25) is 9.59 Å². The highest BCUT2D eigenvalue weighted by atomic mass is 35.5. The average molecular weight is 416 g/mol. The number of nitrogens with one attached hydrogen (secondary N) is 2. The highest BCUT2D eigenvalue weighted by Gasteiger charge is 2.29. The quantitative estimate of drug-likeness (QED) is 0.754. The summed E-state index contributed by atoms with van der Waals surface area (Å²) in [6.07, 6.45) is 3.64. The monoisotopic (exact) mass is 415 g/mol. The maximum Gasteiger partial charge on any atom is 0.238 e. The molecule has 7 heteroatoms.